The van der Waals surface area contributed by atoms with Gasteiger partial charge < -0.3 is 5.32 Å². The molecule has 0 bridgehead atoms. The Kier molecular flexibility index (Phi) is 4.48. The van der Waals surface area contributed by atoms with Gasteiger partial charge >= 0.3 is 0 Å². The molecule has 1 aliphatic rings. The van der Waals surface area contributed by atoms with Crippen molar-refractivity contribution in [1.82, 2.24) is 14.7 Å². The monoisotopic (exact) mass is 278 g/mol. The van der Waals surface area contributed by atoms with Crippen LogP contribution in [0.15, 0.2) is 0 Å². The van der Waals surface area contributed by atoms with Crippen molar-refractivity contribution in [2.45, 2.75) is 34.1 Å². The predicted octanol–water partition coefficient (Wildman–Crippen LogP) is 1.95. The molecule has 5 heteroatoms. The number of amides is 1. The summed E-state index contributed by atoms with van der Waals surface area (Å²) < 4.78 is 1.80. The topological polar surface area (TPSA) is 50.2 Å². The first-order valence-electron chi connectivity index (χ1n) is 7.39. The molecule has 0 spiro atoms. The number of hydrogen-bond donors (Lipinski definition) is 1. The van der Waals surface area contributed by atoms with E-state index in [1.807, 2.05) is 20.9 Å². The minimum absolute atomic E-state index is 0.0606. The van der Waals surface area contributed by atoms with Gasteiger partial charge in [0.15, 0.2) is 0 Å². The minimum Gasteiger partial charge on any atom is -0.322 e. The number of nitrogens with one attached hydrogen (secondary N) is 1. The molecule has 2 heterocycles. The molecule has 2 rings (SSSR count). The van der Waals surface area contributed by atoms with Crippen LogP contribution in [-0.2, 0) is 11.8 Å². The number of likely N-dealkylation sites (tertiary alicyclic amines) is 1. The summed E-state index contributed by atoms with van der Waals surface area (Å²) in [6.07, 6.45) is 1.26. The lowest BCUT2D eigenvalue weighted by Crippen LogP contribution is -2.42. The first-order chi connectivity index (χ1) is 9.36. The largest absolute Gasteiger partial charge is 0.322 e. The normalized spacial score (nSPS) is 23.9. The Balaban J connectivity index is 1.95. The molecule has 1 aromatic rings. The van der Waals surface area contributed by atoms with Crippen molar-refractivity contribution in [2.24, 2.45) is 18.9 Å². The summed E-state index contributed by atoms with van der Waals surface area (Å²) in [5.41, 5.74) is 2.73. The van der Waals surface area contributed by atoms with E-state index < -0.39 is 0 Å². The number of aryl methyl sites for hydroxylation is 2. The average molecular weight is 278 g/mol. The van der Waals surface area contributed by atoms with Gasteiger partial charge in [-0.3, -0.25) is 14.4 Å². The maximum Gasteiger partial charge on any atom is 0.238 e. The highest BCUT2D eigenvalue weighted by molar-refractivity contribution is 5.93. The van der Waals surface area contributed by atoms with Crippen LogP contribution >= 0.6 is 0 Å². The lowest BCUT2D eigenvalue weighted by molar-refractivity contribution is -0.117. The number of rotatable bonds is 3. The second kappa shape index (κ2) is 5.95. The van der Waals surface area contributed by atoms with E-state index in [4.69, 9.17) is 0 Å². The third-order valence-electron chi connectivity index (χ3n) is 4.09. The van der Waals surface area contributed by atoms with Crippen LogP contribution in [0.2, 0.25) is 0 Å². The molecular weight excluding hydrogens is 252 g/mol. The van der Waals surface area contributed by atoms with Crippen molar-refractivity contribution in [3.8, 4) is 0 Å². The number of carbonyl (C=O) groups excluding carboxylic acids is 1. The Morgan fingerprint density at radius 1 is 1.30 bits per heavy atom. The molecular formula is C15H26N4O. The molecule has 0 radical (unpaired) electrons. The molecule has 1 saturated heterocycles. The van der Waals surface area contributed by atoms with Crippen LogP contribution in [0.25, 0.3) is 0 Å². The summed E-state index contributed by atoms with van der Waals surface area (Å²) in [5, 5.41) is 7.34. The number of nitrogens with zero attached hydrogens (tertiary/aromatic N) is 3. The fourth-order valence-corrected chi connectivity index (χ4v) is 3.26. The van der Waals surface area contributed by atoms with Gasteiger partial charge in [0.2, 0.25) is 5.91 Å². The molecule has 5 nitrogen and oxygen atoms in total. The summed E-state index contributed by atoms with van der Waals surface area (Å²) in [6.45, 7) is 10.9. The van der Waals surface area contributed by atoms with Gasteiger partial charge in [0.25, 0.3) is 0 Å². The molecule has 1 aliphatic heterocycles. The van der Waals surface area contributed by atoms with E-state index in [0.29, 0.717) is 18.4 Å². The number of anilines is 1. The number of hydrogen-bond acceptors (Lipinski definition) is 3. The highest BCUT2D eigenvalue weighted by Gasteiger charge is 2.23. The molecule has 1 N–H and O–H groups in total. The summed E-state index contributed by atoms with van der Waals surface area (Å²) in [4.78, 5) is 14.5. The van der Waals surface area contributed by atoms with Gasteiger partial charge in [0, 0.05) is 20.1 Å². The Bertz CT molecular complexity index is 484. The Morgan fingerprint density at radius 3 is 2.40 bits per heavy atom. The molecule has 2 unspecified atom stereocenters. The standard InChI is InChI=1S/C15H26N4O/c1-10-6-11(2)8-19(7-10)9-14(20)16-15-12(3)17-18(5)13(15)4/h10-11H,6-9H2,1-5H3,(H,16,20). The summed E-state index contributed by atoms with van der Waals surface area (Å²) in [5.74, 6) is 1.41. The molecule has 1 aromatic heterocycles. The quantitative estimate of drug-likeness (QED) is 0.919. The molecule has 2 atom stereocenters. The van der Waals surface area contributed by atoms with E-state index in [-0.39, 0.29) is 5.91 Å². The van der Waals surface area contributed by atoms with E-state index in [9.17, 15) is 4.79 Å². The van der Waals surface area contributed by atoms with Crippen molar-refractivity contribution < 1.29 is 4.79 Å². The molecule has 0 saturated carbocycles. The van der Waals surface area contributed by atoms with Crippen molar-refractivity contribution in [3.05, 3.63) is 11.4 Å². The fourth-order valence-electron chi connectivity index (χ4n) is 3.26. The lowest BCUT2D eigenvalue weighted by atomic mass is 9.92. The number of piperidine rings is 1. The Labute approximate surface area is 121 Å². The summed E-state index contributed by atoms with van der Waals surface area (Å²) >= 11 is 0. The van der Waals surface area contributed by atoms with Gasteiger partial charge in [-0.2, -0.15) is 5.10 Å². The zero-order valence-corrected chi connectivity index (χ0v) is 13.2. The fraction of sp³-hybridized carbons (Fsp3) is 0.733. The van der Waals surface area contributed by atoms with Gasteiger partial charge in [-0.1, -0.05) is 13.8 Å². The maximum absolute atomic E-state index is 12.2. The van der Waals surface area contributed by atoms with Crippen LogP contribution in [0.3, 0.4) is 0 Å². The van der Waals surface area contributed by atoms with Crippen molar-refractivity contribution in [3.63, 3.8) is 0 Å². The first kappa shape index (κ1) is 15.0. The third kappa shape index (κ3) is 3.39. The predicted molar refractivity (Wildman–Crippen MR) is 80.7 cm³/mol. The zero-order valence-electron chi connectivity index (χ0n) is 13.2. The van der Waals surface area contributed by atoms with Gasteiger partial charge in [0.05, 0.1) is 23.6 Å². The molecule has 0 aromatic carbocycles. The van der Waals surface area contributed by atoms with E-state index >= 15 is 0 Å². The highest BCUT2D eigenvalue weighted by Crippen LogP contribution is 2.21. The Hall–Kier alpha value is -1.36. The molecule has 1 amide bonds. The molecule has 20 heavy (non-hydrogen) atoms. The summed E-state index contributed by atoms with van der Waals surface area (Å²) in [7, 11) is 1.89. The van der Waals surface area contributed by atoms with Crippen LogP contribution in [0.4, 0.5) is 5.69 Å². The SMILES string of the molecule is Cc1nn(C)c(C)c1NC(=O)CN1CC(C)CC(C)C1. The first-order valence-corrected chi connectivity index (χ1v) is 7.39. The van der Waals surface area contributed by atoms with E-state index in [1.165, 1.54) is 6.42 Å². The number of carbonyl (C=O) groups is 1. The van der Waals surface area contributed by atoms with Crippen LogP contribution in [0.5, 0.6) is 0 Å². The molecule has 1 fully saturated rings. The number of aromatic nitrogens is 2. The van der Waals surface area contributed by atoms with Crippen LogP contribution in [0.1, 0.15) is 31.7 Å². The zero-order chi connectivity index (χ0) is 14.9. The Morgan fingerprint density at radius 2 is 1.90 bits per heavy atom. The average Bonchev–Trinajstić information content (AvgIpc) is 2.54. The minimum atomic E-state index is 0.0606. The van der Waals surface area contributed by atoms with E-state index in [1.54, 1.807) is 4.68 Å². The van der Waals surface area contributed by atoms with Crippen LogP contribution in [0, 0.1) is 25.7 Å². The van der Waals surface area contributed by atoms with Gasteiger partial charge in [-0.15, -0.1) is 0 Å². The van der Waals surface area contributed by atoms with E-state index in [2.05, 4.69) is 29.2 Å². The van der Waals surface area contributed by atoms with Crippen LogP contribution < -0.4 is 5.32 Å². The third-order valence-corrected chi connectivity index (χ3v) is 4.09. The second-order valence-corrected chi connectivity index (χ2v) is 6.36. The van der Waals surface area contributed by atoms with Crippen molar-refractivity contribution >= 4 is 11.6 Å². The van der Waals surface area contributed by atoms with Gasteiger partial charge in [-0.25, -0.2) is 0 Å². The lowest BCUT2D eigenvalue weighted by Gasteiger charge is -2.34. The maximum atomic E-state index is 12.2. The van der Waals surface area contributed by atoms with E-state index in [0.717, 1.165) is 30.2 Å². The van der Waals surface area contributed by atoms with Crippen molar-refractivity contribution in [1.29, 1.82) is 0 Å². The van der Waals surface area contributed by atoms with Gasteiger partial charge in [0.1, 0.15) is 0 Å². The summed E-state index contributed by atoms with van der Waals surface area (Å²) in [6, 6.07) is 0. The second-order valence-electron chi connectivity index (χ2n) is 6.36. The van der Waals surface area contributed by atoms with Crippen LogP contribution in [-0.4, -0.2) is 40.2 Å². The van der Waals surface area contributed by atoms with Gasteiger partial charge in [-0.05, 0) is 32.1 Å². The highest BCUT2D eigenvalue weighted by atomic mass is 16.2. The molecule has 112 valence electrons. The van der Waals surface area contributed by atoms with Crippen molar-refractivity contribution in [2.75, 3.05) is 25.0 Å². The molecule has 0 aliphatic carbocycles. The smallest absolute Gasteiger partial charge is 0.238 e.